The molecule has 1 N–H and O–H groups in total. The van der Waals surface area contributed by atoms with Crippen molar-refractivity contribution in [1.82, 2.24) is 14.8 Å². The maximum absolute atomic E-state index is 10.6. The summed E-state index contributed by atoms with van der Waals surface area (Å²) in [6.45, 7) is 0. The first kappa shape index (κ1) is 6.90. The lowest BCUT2D eigenvalue weighted by Gasteiger charge is -1.94. The number of hydrogen-bond donors (Lipinski definition) is 1. The molecule has 0 aliphatic carbocycles. The van der Waals surface area contributed by atoms with Gasteiger partial charge in [0.05, 0.1) is 0 Å². The molecule has 62 valence electrons. The number of hydrogen-bond acceptors (Lipinski definition) is 3. The standard InChI is InChI=1S/C7H7N3O2/c1-10-4-2-3-5(10)6-8-9-7(11)12-6/h2-4H,1H3,(H,9,11). The molecule has 5 nitrogen and oxygen atoms in total. The van der Waals surface area contributed by atoms with Crippen LogP contribution in [0.2, 0.25) is 0 Å². The summed E-state index contributed by atoms with van der Waals surface area (Å²) in [6, 6.07) is 3.67. The highest BCUT2D eigenvalue weighted by atomic mass is 16.4. The van der Waals surface area contributed by atoms with Gasteiger partial charge in [-0.15, -0.1) is 5.10 Å². The van der Waals surface area contributed by atoms with E-state index in [0.29, 0.717) is 5.89 Å². The van der Waals surface area contributed by atoms with Crippen molar-refractivity contribution in [2.24, 2.45) is 7.05 Å². The molecule has 2 rings (SSSR count). The molecule has 0 bridgehead atoms. The van der Waals surface area contributed by atoms with E-state index in [0.717, 1.165) is 5.69 Å². The van der Waals surface area contributed by atoms with Crippen LogP contribution in [0.1, 0.15) is 0 Å². The van der Waals surface area contributed by atoms with Gasteiger partial charge < -0.3 is 8.98 Å². The molecule has 2 aromatic heterocycles. The van der Waals surface area contributed by atoms with Crippen LogP contribution < -0.4 is 5.76 Å². The van der Waals surface area contributed by atoms with E-state index in [2.05, 4.69) is 10.2 Å². The fourth-order valence-electron chi connectivity index (χ4n) is 1.02. The van der Waals surface area contributed by atoms with Crippen LogP contribution in [0.3, 0.4) is 0 Å². The van der Waals surface area contributed by atoms with E-state index in [-0.39, 0.29) is 0 Å². The number of nitrogens with zero attached hydrogens (tertiary/aromatic N) is 2. The minimum atomic E-state index is -0.536. The topological polar surface area (TPSA) is 63.8 Å². The zero-order valence-electron chi connectivity index (χ0n) is 6.44. The summed E-state index contributed by atoms with van der Waals surface area (Å²) < 4.78 is 6.58. The van der Waals surface area contributed by atoms with Crippen LogP contribution in [0, 0.1) is 0 Å². The summed E-state index contributed by atoms with van der Waals surface area (Å²) in [5, 5.41) is 5.89. The minimum absolute atomic E-state index is 0.313. The van der Waals surface area contributed by atoms with E-state index in [4.69, 9.17) is 4.42 Å². The van der Waals surface area contributed by atoms with Crippen LogP contribution in [-0.4, -0.2) is 14.8 Å². The number of nitrogens with one attached hydrogen (secondary N) is 1. The third-order valence-electron chi connectivity index (χ3n) is 1.60. The smallest absolute Gasteiger partial charge is 0.386 e. The van der Waals surface area contributed by atoms with Gasteiger partial charge >= 0.3 is 5.76 Å². The normalized spacial score (nSPS) is 10.4. The van der Waals surface area contributed by atoms with Gasteiger partial charge in [-0.05, 0) is 12.1 Å². The molecule has 0 unspecified atom stereocenters. The Morgan fingerprint density at radius 3 is 3.00 bits per heavy atom. The van der Waals surface area contributed by atoms with Crippen molar-refractivity contribution >= 4 is 0 Å². The third kappa shape index (κ3) is 0.952. The molecule has 0 amide bonds. The zero-order chi connectivity index (χ0) is 8.55. The Labute approximate surface area is 67.6 Å². The fraction of sp³-hybridized carbons (Fsp3) is 0.143. The molecule has 0 fully saturated rings. The number of aromatic amines is 1. The Kier molecular flexibility index (Phi) is 1.36. The maximum Gasteiger partial charge on any atom is 0.434 e. The Morgan fingerprint density at radius 2 is 2.50 bits per heavy atom. The molecule has 0 aromatic carbocycles. The molecule has 5 heteroatoms. The van der Waals surface area contributed by atoms with Gasteiger partial charge in [0.1, 0.15) is 5.69 Å². The second kappa shape index (κ2) is 2.37. The average molecular weight is 165 g/mol. The van der Waals surface area contributed by atoms with Crippen molar-refractivity contribution < 1.29 is 4.42 Å². The molecule has 0 saturated heterocycles. The molecule has 12 heavy (non-hydrogen) atoms. The van der Waals surface area contributed by atoms with Crippen LogP contribution >= 0.6 is 0 Å². The van der Waals surface area contributed by atoms with Crippen LogP contribution in [0.25, 0.3) is 11.6 Å². The SMILES string of the molecule is Cn1cccc1-c1n[nH]c(=O)o1. The summed E-state index contributed by atoms with van der Waals surface area (Å²) in [5.74, 6) is -0.223. The van der Waals surface area contributed by atoms with Gasteiger partial charge in [0.15, 0.2) is 0 Å². The summed E-state index contributed by atoms with van der Waals surface area (Å²) >= 11 is 0. The van der Waals surface area contributed by atoms with E-state index in [1.807, 2.05) is 29.9 Å². The van der Waals surface area contributed by atoms with Gasteiger partial charge in [0.2, 0.25) is 0 Å². The summed E-state index contributed by atoms with van der Waals surface area (Å²) in [4.78, 5) is 10.6. The maximum atomic E-state index is 10.6. The van der Waals surface area contributed by atoms with E-state index in [1.165, 1.54) is 0 Å². The zero-order valence-corrected chi connectivity index (χ0v) is 6.44. The first-order chi connectivity index (χ1) is 5.77. The highest BCUT2D eigenvalue weighted by Crippen LogP contribution is 2.13. The molecule has 0 aliphatic heterocycles. The number of H-pyrrole nitrogens is 1. The molecule has 2 heterocycles. The monoisotopic (exact) mass is 165 g/mol. The van der Waals surface area contributed by atoms with Crippen LogP contribution in [0.5, 0.6) is 0 Å². The Hall–Kier alpha value is -1.78. The number of rotatable bonds is 1. The molecule has 0 atom stereocenters. The second-order valence-electron chi connectivity index (χ2n) is 2.42. The van der Waals surface area contributed by atoms with E-state index in [1.54, 1.807) is 0 Å². The quantitative estimate of drug-likeness (QED) is 0.663. The van der Waals surface area contributed by atoms with Crippen molar-refractivity contribution in [3.8, 4) is 11.6 Å². The Balaban J connectivity index is 2.57. The Morgan fingerprint density at radius 1 is 1.67 bits per heavy atom. The van der Waals surface area contributed by atoms with Crippen molar-refractivity contribution in [2.75, 3.05) is 0 Å². The third-order valence-corrected chi connectivity index (χ3v) is 1.60. The Bertz CT molecular complexity index is 437. The predicted octanol–water partition coefficient (Wildman–Crippen LogP) is 0.368. The number of aromatic nitrogens is 3. The molecular weight excluding hydrogens is 158 g/mol. The molecule has 2 aromatic rings. The first-order valence-electron chi connectivity index (χ1n) is 3.44. The molecule has 0 radical (unpaired) electrons. The van der Waals surface area contributed by atoms with Gasteiger partial charge in [0.25, 0.3) is 5.89 Å². The van der Waals surface area contributed by atoms with E-state index in [9.17, 15) is 4.79 Å². The van der Waals surface area contributed by atoms with Crippen LogP contribution in [0.15, 0.2) is 27.5 Å². The summed E-state index contributed by atoms with van der Waals surface area (Å²) in [7, 11) is 1.85. The molecular formula is C7H7N3O2. The minimum Gasteiger partial charge on any atom is -0.386 e. The van der Waals surface area contributed by atoms with Crippen LogP contribution in [-0.2, 0) is 7.05 Å². The van der Waals surface area contributed by atoms with Crippen molar-refractivity contribution in [1.29, 1.82) is 0 Å². The molecule has 0 aliphatic rings. The average Bonchev–Trinajstić information content (AvgIpc) is 2.58. The van der Waals surface area contributed by atoms with Crippen molar-refractivity contribution in [2.45, 2.75) is 0 Å². The lowest BCUT2D eigenvalue weighted by molar-refractivity contribution is 0.523. The lowest BCUT2D eigenvalue weighted by atomic mass is 10.4. The van der Waals surface area contributed by atoms with Gasteiger partial charge in [-0.2, -0.15) is 0 Å². The number of aryl methyl sites for hydroxylation is 1. The lowest BCUT2D eigenvalue weighted by Crippen LogP contribution is -1.93. The first-order valence-corrected chi connectivity index (χ1v) is 3.44. The molecule has 0 spiro atoms. The predicted molar refractivity (Wildman–Crippen MR) is 41.5 cm³/mol. The second-order valence-corrected chi connectivity index (χ2v) is 2.42. The van der Waals surface area contributed by atoms with Gasteiger partial charge in [-0.1, -0.05) is 0 Å². The van der Waals surface area contributed by atoms with Gasteiger partial charge in [0, 0.05) is 13.2 Å². The van der Waals surface area contributed by atoms with E-state index < -0.39 is 5.76 Å². The summed E-state index contributed by atoms with van der Waals surface area (Å²) in [5.41, 5.74) is 0.772. The fourth-order valence-corrected chi connectivity index (χ4v) is 1.02. The van der Waals surface area contributed by atoms with Crippen LogP contribution in [0.4, 0.5) is 0 Å². The van der Waals surface area contributed by atoms with E-state index >= 15 is 0 Å². The summed E-state index contributed by atoms with van der Waals surface area (Å²) in [6.07, 6.45) is 1.85. The highest BCUT2D eigenvalue weighted by molar-refractivity contribution is 5.46. The van der Waals surface area contributed by atoms with Gasteiger partial charge in [-0.3, -0.25) is 0 Å². The molecule has 0 saturated carbocycles. The van der Waals surface area contributed by atoms with Crippen molar-refractivity contribution in [3.63, 3.8) is 0 Å². The van der Waals surface area contributed by atoms with Gasteiger partial charge in [-0.25, -0.2) is 9.89 Å². The highest BCUT2D eigenvalue weighted by Gasteiger charge is 2.06. The largest absolute Gasteiger partial charge is 0.434 e. The van der Waals surface area contributed by atoms with Crippen molar-refractivity contribution in [3.05, 3.63) is 28.9 Å².